The van der Waals surface area contributed by atoms with Crippen molar-refractivity contribution in [3.63, 3.8) is 0 Å². The topological polar surface area (TPSA) is 76.7 Å². The number of anilines is 2. The highest BCUT2D eigenvalue weighted by molar-refractivity contribution is 9.10. The maximum Gasteiger partial charge on any atom is 0.259 e. The highest BCUT2D eigenvalue weighted by Crippen LogP contribution is 2.24. The molecule has 0 atom stereocenters. The molecule has 0 heterocycles. The monoisotopic (exact) mass is 532 g/mol. The molecule has 178 valence electrons. The molecular formula is C28H25BrN2O4. The smallest absolute Gasteiger partial charge is 0.259 e. The first kappa shape index (κ1) is 25.5. The van der Waals surface area contributed by atoms with E-state index in [1.165, 1.54) is 0 Å². The molecule has 4 aromatic rings. The van der Waals surface area contributed by atoms with Crippen molar-refractivity contribution in [1.29, 1.82) is 0 Å². The van der Waals surface area contributed by atoms with Crippen molar-refractivity contribution in [3.05, 3.63) is 119 Å². The molecule has 2 amide bonds. The summed E-state index contributed by atoms with van der Waals surface area (Å²) < 4.78 is 11.2. The Bertz CT molecular complexity index is 1260. The quantitative estimate of drug-likeness (QED) is 0.291. The number of methoxy groups -OCH3 is 2. The number of nitrogens with one attached hydrogen (secondary N) is 2. The lowest BCUT2D eigenvalue weighted by Crippen LogP contribution is -2.13. The number of carbonyl (C=O) groups excluding carboxylic acids is 2. The molecule has 0 aliphatic heterocycles. The average molecular weight is 533 g/mol. The van der Waals surface area contributed by atoms with E-state index >= 15 is 0 Å². The molecule has 6 nitrogen and oxygen atoms in total. The molecule has 4 aromatic carbocycles. The Kier molecular flexibility index (Phi) is 9.45. The van der Waals surface area contributed by atoms with Crippen LogP contribution in [-0.4, -0.2) is 26.0 Å². The number of hydrogen-bond acceptors (Lipinski definition) is 4. The van der Waals surface area contributed by atoms with Crippen LogP contribution >= 0.6 is 15.9 Å². The average Bonchev–Trinajstić information content (AvgIpc) is 2.90. The highest BCUT2D eigenvalue weighted by Gasteiger charge is 2.13. The molecule has 0 radical (unpaired) electrons. The largest absolute Gasteiger partial charge is 0.496 e. The molecule has 7 heteroatoms. The molecule has 4 rings (SSSR count). The minimum atomic E-state index is -0.195. The molecule has 0 aromatic heterocycles. The van der Waals surface area contributed by atoms with Crippen LogP contribution in [0.4, 0.5) is 11.4 Å². The minimum absolute atomic E-state index is 0.173. The van der Waals surface area contributed by atoms with Gasteiger partial charge in [-0.2, -0.15) is 0 Å². The van der Waals surface area contributed by atoms with Crippen molar-refractivity contribution < 1.29 is 19.1 Å². The summed E-state index contributed by atoms with van der Waals surface area (Å²) in [5.41, 5.74) is 2.54. The van der Waals surface area contributed by atoms with Gasteiger partial charge in [0.05, 0.1) is 25.3 Å². The van der Waals surface area contributed by atoms with Crippen LogP contribution in [0.1, 0.15) is 20.7 Å². The third-order valence-electron chi connectivity index (χ3n) is 4.82. The fourth-order valence-corrected chi connectivity index (χ4v) is 3.49. The summed E-state index contributed by atoms with van der Waals surface area (Å²) in [6.45, 7) is 0. The molecular weight excluding hydrogens is 508 g/mol. The third-order valence-corrected chi connectivity index (χ3v) is 5.31. The lowest BCUT2D eigenvalue weighted by molar-refractivity contribution is 0.101. The second kappa shape index (κ2) is 13.0. The predicted octanol–water partition coefficient (Wildman–Crippen LogP) is 6.66. The van der Waals surface area contributed by atoms with Crippen molar-refractivity contribution in [1.82, 2.24) is 0 Å². The maximum absolute atomic E-state index is 12.1. The molecule has 0 unspecified atom stereocenters. The Morgan fingerprint density at radius 2 is 1.06 bits per heavy atom. The van der Waals surface area contributed by atoms with Crippen LogP contribution in [0, 0.1) is 0 Å². The van der Waals surface area contributed by atoms with E-state index in [-0.39, 0.29) is 11.8 Å². The van der Waals surface area contributed by atoms with Gasteiger partial charge in [-0.25, -0.2) is 0 Å². The van der Waals surface area contributed by atoms with Crippen molar-refractivity contribution >= 4 is 39.1 Å². The Balaban J connectivity index is 0.000000196. The van der Waals surface area contributed by atoms with E-state index in [0.29, 0.717) is 22.6 Å². The van der Waals surface area contributed by atoms with Gasteiger partial charge in [-0.05, 0) is 54.6 Å². The number of carbonyl (C=O) groups is 2. The molecule has 0 aliphatic rings. The number of hydrogen-bond donors (Lipinski definition) is 2. The van der Waals surface area contributed by atoms with E-state index in [1.807, 2.05) is 78.9 Å². The predicted molar refractivity (Wildman–Crippen MR) is 142 cm³/mol. The van der Waals surface area contributed by atoms with E-state index in [1.54, 1.807) is 38.5 Å². The van der Waals surface area contributed by atoms with E-state index in [2.05, 4.69) is 26.6 Å². The first-order valence-electron chi connectivity index (χ1n) is 10.7. The molecule has 35 heavy (non-hydrogen) atoms. The highest BCUT2D eigenvalue weighted by atomic mass is 79.9. The summed E-state index contributed by atoms with van der Waals surface area (Å²) in [5, 5.41) is 5.63. The van der Waals surface area contributed by atoms with Crippen molar-refractivity contribution in [2.75, 3.05) is 24.9 Å². The van der Waals surface area contributed by atoms with Gasteiger partial charge in [0.15, 0.2) is 0 Å². The summed E-state index contributed by atoms with van der Waals surface area (Å²) in [5.74, 6) is 0.751. The molecule has 0 saturated heterocycles. The van der Waals surface area contributed by atoms with Gasteiger partial charge < -0.3 is 20.1 Å². The maximum atomic E-state index is 12.1. The number of ether oxygens (including phenoxy) is 2. The Labute approximate surface area is 213 Å². The van der Waals surface area contributed by atoms with E-state index in [9.17, 15) is 9.59 Å². The summed E-state index contributed by atoms with van der Waals surface area (Å²) in [6.07, 6.45) is 0. The molecule has 0 aliphatic carbocycles. The molecule has 0 spiro atoms. The number of halogens is 1. The Morgan fingerprint density at radius 3 is 1.60 bits per heavy atom. The van der Waals surface area contributed by atoms with E-state index in [4.69, 9.17) is 9.47 Å². The van der Waals surface area contributed by atoms with Crippen LogP contribution in [0.2, 0.25) is 0 Å². The number of benzene rings is 4. The Hall–Kier alpha value is -4.10. The van der Waals surface area contributed by atoms with Gasteiger partial charge >= 0.3 is 0 Å². The van der Waals surface area contributed by atoms with Crippen LogP contribution in [0.25, 0.3) is 0 Å². The normalized spacial score (nSPS) is 9.80. The summed E-state index contributed by atoms with van der Waals surface area (Å²) in [6, 6.07) is 31.1. The van der Waals surface area contributed by atoms with Gasteiger partial charge in [0.1, 0.15) is 11.5 Å². The fourth-order valence-electron chi connectivity index (χ4n) is 3.13. The number of rotatable bonds is 6. The van der Waals surface area contributed by atoms with Crippen LogP contribution in [-0.2, 0) is 0 Å². The molecule has 2 N–H and O–H groups in total. The second-order valence-corrected chi connectivity index (χ2v) is 8.10. The molecule has 0 bridgehead atoms. The van der Waals surface area contributed by atoms with Crippen LogP contribution in [0.15, 0.2) is 108 Å². The van der Waals surface area contributed by atoms with Gasteiger partial charge in [0.25, 0.3) is 11.8 Å². The van der Waals surface area contributed by atoms with E-state index in [0.717, 1.165) is 15.8 Å². The first-order valence-corrected chi connectivity index (χ1v) is 11.5. The van der Waals surface area contributed by atoms with Crippen molar-refractivity contribution in [2.24, 2.45) is 0 Å². The van der Waals surface area contributed by atoms with Crippen LogP contribution in [0.3, 0.4) is 0 Å². The summed E-state index contributed by atoms with van der Waals surface area (Å²) in [4.78, 5) is 24.1. The van der Waals surface area contributed by atoms with Gasteiger partial charge in [-0.1, -0.05) is 64.5 Å². The lowest BCUT2D eigenvalue weighted by atomic mass is 10.2. The first-order chi connectivity index (χ1) is 17.0. The zero-order valence-electron chi connectivity index (χ0n) is 19.3. The minimum Gasteiger partial charge on any atom is -0.496 e. The SMILES string of the molecule is COc1ccc(Br)cc1C(=O)Nc1ccccc1.COc1ccccc1C(=O)Nc1ccccc1. The zero-order chi connectivity index (χ0) is 25.0. The zero-order valence-corrected chi connectivity index (χ0v) is 20.9. The van der Waals surface area contributed by atoms with Gasteiger partial charge in [0, 0.05) is 15.8 Å². The van der Waals surface area contributed by atoms with Crippen LogP contribution in [0.5, 0.6) is 11.5 Å². The lowest BCUT2D eigenvalue weighted by Gasteiger charge is -2.09. The summed E-state index contributed by atoms with van der Waals surface area (Å²) in [7, 11) is 3.09. The van der Waals surface area contributed by atoms with Gasteiger partial charge in [-0.3, -0.25) is 9.59 Å². The second-order valence-electron chi connectivity index (χ2n) is 7.19. The number of para-hydroxylation sites is 3. The van der Waals surface area contributed by atoms with E-state index < -0.39 is 0 Å². The van der Waals surface area contributed by atoms with Gasteiger partial charge in [-0.15, -0.1) is 0 Å². The summed E-state index contributed by atoms with van der Waals surface area (Å²) >= 11 is 3.34. The van der Waals surface area contributed by atoms with Gasteiger partial charge in [0.2, 0.25) is 0 Å². The molecule has 0 saturated carbocycles. The van der Waals surface area contributed by atoms with Crippen molar-refractivity contribution in [2.45, 2.75) is 0 Å². The number of amides is 2. The fraction of sp³-hybridized carbons (Fsp3) is 0.0714. The van der Waals surface area contributed by atoms with Crippen molar-refractivity contribution in [3.8, 4) is 11.5 Å². The third kappa shape index (κ3) is 7.45. The standard InChI is InChI=1S/C14H12BrNO2.C14H13NO2/c1-18-13-8-7-10(15)9-12(13)14(17)16-11-5-3-2-4-6-11;1-17-13-10-6-5-9-12(13)14(16)15-11-7-3-2-4-8-11/h2-9H,1H3,(H,16,17);2-10H,1H3,(H,15,16). The molecule has 0 fully saturated rings. The Morgan fingerprint density at radius 1 is 0.600 bits per heavy atom. The van der Waals surface area contributed by atoms with Crippen LogP contribution < -0.4 is 20.1 Å².